The van der Waals surface area contributed by atoms with E-state index >= 15 is 0 Å². The number of piperidine rings is 1. The van der Waals surface area contributed by atoms with Crippen LogP contribution in [0.15, 0.2) is 0 Å². The van der Waals surface area contributed by atoms with Gasteiger partial charge in [-0.1, -0.05) is 0 Å². The van der Waals surface area contributed by atoms with Gasteiger partial charge < -0.3 is 14.4 Å². The Morgan fingerprint density at radius 2 is 2.26 bits per heavy atom. The molecule has 0 spiro atoms. The van der Waals surface area contributed by atoms with Crippen LogP contribution < -0.4 is 0 Å². The van der Waals surface area contributed by atoms with E-state index in [1.807, 2.05) is 4.90 Å². The van der Waals surface area contributed by atoms with E-state index in [-0.39, 0.29) is 18.6 Å². The number of aromatic nitrogens is 1. The Morgan fingerprint density at radius 3 is 2.96 bits per heavy atom. The van der Waals surface area contributed by atoms with Gasteiger partial charge in [0.15, 0.2) is 0 Å². The van der Waals surface area contributed by atoms with E-state index in [9.17, 15) is 4.79 Å². The highest BCUT2D eigenvalue weighted by atomic mass is 32.1. The lowest BCUT2D eigenvalue weighted by molar-refractivity contribution is -0.138. The molecule has 0 radical (unpaired) electrons. The smallest absolute Gasteiger partial charge is 0.248 e. The van der Waals surface area contributed by atoms with E-state index in [1.165, 1.54) is 9.88 Å². The number of carbonyl (C=O) groups excluding carboxylic acids is 1. The minimum atomic E-state index is 0.0951. The largest absolute Gasteiger partial charge is 0.376 e. The maximum Gasteiger partial charge on any atom is 0.248 e. The van der Waals surface area contributed by atoms with Gasteiger partial charge >= 0.3 is 0 Å². The minimum absolute atomic E-state index is 0.0951. The van der Waals surface area contributed by atoms with Gasteiger partial charge in [-0.25, -0.2) is 4.98 Å². The molecule has 1 aromatic rings. The average molecular weight is 338 g/mol. The normalized spacial score (nSPS) is 25.0. The minimum Gasteiger partial charge on any atom is -0.376 e. The molecule has 2 unspecified atom stereocenters. The molecule has 0 aromatic carbocycles. The molecule has 1 amide bonds. The molecule has 5 nitrogen and oxygen atoms in total. The van der Waals surface area contributed by atoms with E-state index in [0.717, 1.165) is 51.1 Å². The van der Waals surface area contributed by atoms with Crippen molar-refractivity contribution < 1.29 is 14.3 Å². The summed E-state index contributed by atoms with van der Waals surface area (Å²) in [6, 6.07) is 0. The third kappa shape index (κ3) is 4.31. The summed E-state index contributed by atoms with van der Waals surface area (Å²) in [6.45, 7) is 7.30. The summed E-state index contributed by atoms with van der Waals surface area (Å²) in [4.78, 5) is 20.3. The molecule has 23 heavy (non-hydrogen) atoms. The van der Waals surface area contributed by atoms with E-state index in [0.29, 0.717) is 12.5 Å². The molecule has 0 saturated carbocycles. The molecule has 3 heterocycles. The molecule has 128 valence electrons. The molecule has 2 aliphatic rings. The van der Waals surface area contributed by atoms with Crippen LogP contribution in [0.3, 0.4) is 0 Å². The van der Waals surface area contributed by atoms with Gasteiger partial charge in [0.1, 0.15) is 6.61 Å². The molecule has 2 atom stereocenters. The molecule has 2 fully saturated rings. The number of rotatable bonds is 5. The number of nitrogens with zero attached hydrogens (tertiary/aromatic N) is 2. The molecule has 0 aliphatic carbocycles. The van der Waals surface area contributed by atoms with Crippen LogP contribution in [-0.2, 0) is 14.3 Å². The van der Waals surface area contributed by atoms with Crippen LogP contribution in [0.2, 0.25) is 0 Å². The molecule has 6 heteroatoms. The van der Waals surface area contributed by atoms with Crippen LogP contribution in [0, 0.1) is 13.8 Å². The first-order chi connectivity index (χ1) is 11.1. The summed E-state index contributed by atoms with van der Waals surface area (Å²) in [6.07, 6.45) is 4.48. The Morgan fingerprint density at radius 1 is 1.39 bits per heavy atom. The lowest BCUT2D eigenvalue weighted by Crippen LogP contribution is -2.41. The van der Waals surface area contributed by atoms with Crippen LogP contribution >= 0.6 is 11.3 Å². The quantitative estimate of drug-likeness (QED) is 0.828. The number of aryl methyl sites for hydroxylation is 2. The number of hydrogen-bond donors (Lipinski definition) is 0. The van der Waals surface area contributed by atoms with Gasteiger partial charge in [-0.15, -0.1) is 11.3 Å². The number of hydrogen-bond acceptors (Lipinski definition) is 5. The van der Waals surface area contributed by atoms with Crippen molar-refractivity contribution in [3.63, 3.8) is 0 Å². The first-order valence-corrected chi connectivity index (χ1v) is 9.36. The van der Waals surface area contributed by atoms with Crippen LogP contribution in [0.4, 0.5) is 0 Å². The molecule has 1 aromatic heterocycles. The van der Waals surface area contributed by atoms with Gasteiger partial charge in [0.05, 0.1) is 23.4 Å². The standard InChI is InChI=1S/C17H26N2O3S/c1-12-13(2)23-17(18-12)14-5-3-7-19(9-14)16(20)11-21-10-15-6-4-8-22-15/h14-15H,3-11H2,1-2H3. The lowest BCUT2D eigenvalue weighted by Gasteiger charge is -2.31. The van der Waals surface area contributed by atoms with Gasteiger partial charge in [-0.05, 0) is 39.5 Å². The second-order valence-electron chi connectivity index (χ2n) is 6.52. The SMILES string of the molecule is Cc1nc(C2CCCN(C(=O)COCC3CCCO3)C2)sc1C. The topological polar surface area (TPSA) is 51.7 Å². The number of likely N-dealkylation sites (tertiary alicyclic amines) is 1. The summed E-state index contributed by atoms with van der Waals surface area (Å²) >= 11 is 1.77. The number of thiazole rings is 1. The van der Waals surface area contributed by atoms with Crippen molar-refractivity contribution in [1.29, 1.82) is 0 Å². The van der Waals surface area contributed by atoms with Crippen molar-refractivity contribution in [2.45, 2.75) is 51.6 Å². The Kier molecular flexibility index (Phi) is 5.67. The Bertz CT molecular complexity index is 520. The number of amides is 1. The molecule has 2 saturated heterocycles. The zero-order chi connectivity index (χ0) is 16.2. The highest BCUT2D eigenvalue weighted by molar-refractivity contribution is 7.11. The fourth-order valence-electron chi connectivity index (χ4n) is 3.22. The van der Waals surface area contributed by atoms with Gasteiger partial charge in [-0.2, -0.15) is 0 Å². The summed E-state index contributed by atoms with van der Waals surface area (Å²) in [5, 5.41) is 1.18. The van der Waals surface area contributed by atoms with Gasteiger partial charge in [0, 0.05) is 30.5 Å². The van der Waals surface area contributed by atoms with E-state index in [4.69, 9.17) is 9.47 Å². The van der Waals surface area contributed by atoms with Gasteiger partial charge in [0.2, 0.25) is 5.91 Å². The molecular weight excluding hydrogens is 312 g/mol. The second-order valence-corrected chi connectivity index (χ2v) is 7.76. The first-order valence-electron chi connectivity index (χ1n) is 8.54. The monoisotopic (exact) mass is 338 g/mol. The summed E-state index contributed by atoms with van der Waals surface area (Å²) in [7, 11) is 0. The Hall–Kier alpha value is -0.980. The highest BCUT2D eigenvalue weighted by Gasteiger charge is 2.27. The van der Waals surface area contributed by atoms with Crippen molar-refractivity contribution in [1.82, 2.24) is 9.88 Å². The zero-order valence-electron chi connectivity index (χ0n) is 14.0. The number of carbonyl (C=O) groups is 1. The molecule has 2 aliphatic heterocycles. The predicted octanol–water partition coefficient (Wildman–Crippen LogP) is 2.66. The van der Waals surface area contributed by atoms with E-state index in [2.05, 4.69) is 18.8 Å². The Labute approximate surface area is 142 Å². The van der Waals surface area contributed by atoms with Crippen molar-refractivity contribution in [3.8, 4) is 0 Å². The fraction of sp³-hybridized carbons (Fsp3) is 0.765. The van der Waals surface area contributed by atoms with Crippen molar-refractivity contribution in [3.05, 3.63) is 15.6 Å². The maximum atomic E-state index is 12.4. The van der Waals surface area contributed by atoms with Crippen LogP contribution in [0.1, 0.15) is 47.2 Å². The highest BCUT2D eigenvalue weighted by Crippen LogP contribution is 2.31. The fourth-order valence-corrected chi connectivity index (χ4v) is 4.27. The second kappa shape index (κ2) is 7.73. The summed E-state index contributed by atoms with van der Waals surface area (Å²) in [5.74, 6) is 0.473. The van der Waals surface area contributed by atoms with E-state index in [1.54, 1.807) is 11.3 Å². The summed E-state index contributed by atoms with van der Waals surface area (Å²) in [5.41, 5.74) is 1.12. The van der Waals surface area contributed by atoms with Crippen molar-refractivity contribution in [2.24, 2.45) is 0 Å². The van der Waals surface area contributed by atoms with Gasteiger partial charge in [0.25, 0.3) is 0 Å². The Balaban J connectivity index is 1.48. The van der Waals surface area contributed by atoms with Crippen LogP contribution in [0.25, 0.3) is 0 Å². The maximum absolute atomic E-state index is 12.4. The van der Waals surface area contributed by atoms with Crippen molar-refractivity contribution in [2.75, 3.05) is 32.9 Å². The molecule has 0 N–H and O–H groups in total. The average Bonchev–Trinajstić information content (AvgIpc) is 3.18. The first kappa shape index (κ1) is 16.9. The molecular formula is C17H26N2O3S. The summed E-state index contributed by atoms with van der Waals surface area (Å²) < 4.78 is 11.1. The van der Waals surface area contributed by atoms with Crippen LogP contribution in [0.5, 0.6) is 0 Å². The van der Waals surface area contributed by atoms with Gasteiger partial charge in [-0.3, -0.25) is 4.79 Å². The molecule has 3 rings (SSSR count). The van der Waals surface area contributed by atoms with Crippen molar-refractivity contribution >= 4 is 17.2 Å². The third-order valence-electron chi connectivity index (χ3n) is 4.72. The zero-order valence-corrected chi connectivity index (χ0v) is 14.9. The van der Waals surface area contributed by atoms with Crippen LogP contribution in [-0.4, -0.2) is 54.8 Å². The molecule has 0 bridgehead atoms. The third-order valence-corrected chi connectivity index (χ3v) is 5.96. The predicted molar refractivity (Wildman–Crippen MR) is 89.9 cm³/mol. The number of ether oxygens (including phenoxy) is 2. The van der Waals surface area contributed by atoms with E-state index < -0.39 is 0 Å². The lowest BCUT2D eigenvalue weighted by atomic mass is 9.99.